The van der Waals surface area contributed by atoms with Gasteiger partial charge in [-0.3, -0.25) is 4.98 Å². The molecule has 4 nitrogen and oxygen atoms in total. The molecule has 5 heteroatoms. The number of thiocarbonyl (C=S) groups is 1. The molecule has 1 aliphatic rings. The van der Waals surface area contributed by atoms with Gasteiger partial charge in [0.05, 0.1) is 17.8 Å². The number of aryl methyl sites for hydroxylation is 1. The highest BCUT2D eigenvalue weighted by Gasteiger charge is 2.42. The minimum atomic E-state index is 0.0141. The van der Waals surface area contributed by atoms with Gasteiger partial charge < -0.3 is 14.8 Å². The zero-order valence-electron chi connectivity index (χ0n) is 15.8. The number of benzene rings is 1. The van der Waals surface area contributed by atoms with Crippen molar-refractivity contribution in [2.45, 2.75) is 38.9 Å². The Balaban J connectivity index is 1.82. The summed E-state index contributed by atoms with van der Waals surface area (Å²) < 4.78 is 2.26. The summed E-state index contributed by atoms with van der Waals surface area (Å²) >= 11 is 5.70. The highest BCUT2D eigenvalue weighted by atomic mass is 32.1. The molecule has 3 aromatic rings. The number of nitrogens with one attached hydrogen (secondary N) is 1. The lowest BCUT2D eigenvalue weighted by molar-refractivity contribution is 0.262. The number of hydrogen-bond donors (Lipinski definition) is 1. The SMILES string of the molecule is Cc1ccc(-n2cccc2[C@@H]2[C@H](c3ccccn3)NC(=S)N2C(C)C)cc1. The van der Waals surface area contributed by atoms with Crippen LogP contribution in [0.15, 0.2) is 67.0 Å². The predicted molar refractivity (Wildman–Crippen MR) is 113 cm³/mol. The molecule has 0 unspecified atom stereocenters. The first kappa shape index (κ1) is 17.7. The Kier molecular flexibility index (Phi) is 4.70. The van der Waals surface area contributed by atoms with Crippen LogP contribution >= 0.6 is 12.2 Å². The maximum Gasteiger partial charge on any atom is 0.170 e. The molecule has 1 fully saturated rings. The van der Waals surface area contributed by atoms with Gasteiger partial charge in [-0.15, -0.1) is 0 Å². The average molecular weight is 377 g/mol. The number of rotatable bonds is 4. The molecule has 1 N–H and O–H groups in total. The molecule has 0 saturated carbocycles. The van der Waals surface area contributed by atoms with Gasteiger partial charge in [0.2, 0.25) is 0 Å². The van der Waals surface area contributed by atoms with E-state index in [1.165, 1.54) is 11.3 Å². The average Bonchev–Trinajstić information content (AvgIpc) is 3.27. The van der Waals surface area contributed by atoms with Crippen molar-refractivity contribution in [3.8, 4) is 5.69 Å². The van der Waals surface area contributed by atoms with Crippen LogP contribution in [0.25, 0.3) is 5.69 Å². The third kappa shape index (κ3) is 3.23. The molecular weight excluding hydrogens is 352 g/mol. The molecule has 1 saturated heterocycles. The maximum absolute atomic E-state index is 5.70. The van der Waals surface area contributed by atoms with Crippen molar-refractivity contribution in [2.24, 2.45) is 0 Å². The monoisotopic (exact) mass is 376 g/mol. The van der Waals surface area contributed by atoms with Crippen LogP contribution in [0.3, 0.4) is 0 Å². The summed E-state index contributed by atoms with van der Waals surface area (Å²) in [6.07, 6.45) is 3.96. The molecule has 3 heterocycles. The Morgan fingerprint density at radius 2 is 1.81 bits per heavy atom. The lowest BCUT2D eigenvalue weighted by atomic mass is 10.0. The van der Waals surface area contributed by atoms with E-state index in [0.29, 0.717) is 0 Å². The van der Waals surface area contributed by atoms with Crippen molar-refractivity contribution in [1.29, 1.82) is 0 Å². The van der Waals surface area contributed by atoms with Crippen molar-refractivity contribution < 1.29 is 0 Å². The van der Waals surface area contributed by atoms with Crippen molar-refractivity contribution in [3.63, 3.8) is 0 Å². The molecule has 27 heavy (non-hydrogen) atoms. The van der Waals surface area contributed by atoms with Crippen LogP contribution in [0.5, 0.6) is 0 Å². The molecule has 0 aliphatic carbocycles. The van der Waals surface area contributed by atoms with E-state index in [2.05, 4.69) is 89.2 Å². The maximum atomic E-state index is 5.70. The van der Waals surface area contributed by atoms with Gasteiger partial charge in [0, 0.05) is 29.8 Å². The molecule has 138 valence electrons. The van der Waals surface area contributed by atoms with Gasteiger partial charge in [-0.1, -0.05) is 23.8 Å². The van der Waals surface area contributed by atoms with E-state index in [1.807, 2.05) is 18.3 Å². The van der Waals surface area contributed by atoms with Crippen molar-refractivity contribution in [1.82, 2.24) is 19.8 Å². The molecule has 0 radical (unpaired) electrons. The normalized spacial score (nSPS) is 19.6. The lowest BCUT2D eigenvalue weighted by Crippen LogP contribution is -2.36. The first-order valence-electron chi connectivity index (χ1n) is 9.30. The molecule has 1 aromatic carbocycles. The smallest absolute Gasteiger partial charge is 0.170 e. The minimum absolute atomic E-state index is 0.0141. The van der Waals surface area contributed by atoms with Gasteiger partial charge >= 0.3 is 0 Å². The van der Waals surface area contributed by atoms with Gasteiger partial charge in [0.15, 0.2) is 5.11 Å². The third-order valence-corrected chi connectivity index (χ3v) is 5.42. The Hall–Kier alpha value is -2.66. The Bertz CT molecular complexity index is 930. The molecule has 1 aliphatic heterocycles. The summed E-state index contributed by atoms with van der Waals surface area (Å²) in [6.45, 7) is 6.47. The summed E-state index contributed by atoms with van der Waals surface area (Å²) in [6, 6.07) is 19.3. The number of aromatic nitrogens is 2. The Labute approximate surface area is 165 Å². The zero-order chi connectivity index (χ0) is 19.0. The zero-order valence-corrected chi connectivity index (χ0v) is 16.6. The summed E-state index contributed by atoms with van der Waals surface area (Å²) in [5.41, 5.74) is 4.62. The highest BCUT2D eigenvalue weighted by Crippen LogP contribution is 2.40. The molecule has 2 aromatic heterocycles. The quantitative estimate of drug-likeness (QED) is 0.677. The standard InChI is InChI=1S/C22H24N4S/c1-15(2)26-21(20(24-22(26)27)18-7-4-5-13-23-18)19-8-6-14-25(19)17-11-9-16(3)10-12-17/h4-15,20-21H,1-3H3,(H,24,27)/t20-,21+/m0/s1. The molecule has 0 spiro atoms. The van der Waals surface area contributed by atoms with Crippen LogP contribution in [0.4, 0.5) is 0 Å². The molecule has 2 atom stereocenters. The van der Waals surface area contributed by atoms with Gasteiger partial charge in [0.1, 0.15) is 0 Å². The first-order valence-corrected chi connectivity index (χ1v) is 9.71. The van der Waals surface area contributed by atoms with Crippen LogP contribution < -0.4 is 5.32 Å². The van der Waals surface area contributed by atoms with Crippen LogP contribution in [0.2, 0.25) is 0 Å². The summed E-state index contributed by atoms with van der Waals surface area (Å²) in [5, 5.41) is 4.29. The fourth-order valence-corrected chi connectivity index (χ4v) is 4.27. The fourth-order valence-electron chi connectivity index (χ4n) is 3.81. The molecular formula is C22H24N4S. The van der Waals surface area contributed by atoms with E-state index < -0.39 is 0 Å². The summed E-state index contributed by atoms with van der Waals surface area (Å²) in [5.74, 6) is 0. The largest absolute Gasteiger partial charge is 0.352 e. The predicted octanol–water partition coefficient (Wildman–Crippen LogP) is 4.56. The van der Waals surface area contributed by atoms with Crippen LogP contribution in [0.1, 0.15) is 42.9 Å². The molecule has 0 bridgehead atoms. The lowest BCUT2D eigenvalue weighted by Gasteiger charge is -2.31. The number of nitrogens with zero attached hydrogens (tertiary/aromatic N) is 3. The summed E-state index contributed by atoms with van der Waals surface area (Å²) in [4.78, 5) is 6.89. The Morgan fingerprint density at radius 3 is 2.48 bits per heavy atom. The highest BCUT2D eigenvalue weighted by molar-refractivity contribution is 7.80. The second kappa shape index (κ2) is 7.16. The second-order valence-corrected chi connectivity index (χ2v) is 7.65. The first-order chi connectivity index (χ1) is 13.1. The number of pyridine rings is 1. The molecule has 0 amide bonds. The number of hydrogen-bond acceptors (Lipinski definition) is 2. The van der Waals surface area contributed by atoms with E-state index in [1.54, 1.807) is 0 Å². The van der Waals surface area contributed by atoms with E-state index in [9.17, 15) is 0 Å². The fraction of sp³-hybridized carbons (Fsp3) is 0.273. The van der Waals surface area contributed by atoms with Gasteiger partial charge in [0.25, 0.3) is 0 Å². The van der Waals surface area contributed by atoms with Crippen LogP contribution in [0, 0.1) is 6.92 Å². The van der Waals surface area contributed by atoms with Crippen molar-refractivity contribution >= 4 is 17.3 Å². The molecule has 4 rings (SSSR count). The summed E-state index contributed by atoms with van der Waals surface area (Å²) in [7, 11) is 0. The van der Waals surface area contributed by atoms with E-state index in [-0.39, 0.29) is 18.1 Å². The van der Waals surface area contributed by atoms with Crippen LogP contribution in [-0.2, 0) is 0 Å². The second-order valence-electron chi connectivity index (χ2n) is 7.27. The Morgan fingerprint density at radius 1 is 1.04 bits per heavy atom. The van der Waals surface area contributed by atoms with Gasteiger partial charge in [-0.25, -0.2) is 0 Å². The third-order valence-electron chi connectivity index (χ3n) is 5.09. The van der Waals surface area contributed by atoms with Crippen molar-refractivity contribution in [3.05, 3.63) is 83.9 Å². The topological polar surface area (TPSA) is 33.1 Å². The van der Waals surface area contributed by atoms with E-state index in [4.69, 9.17) is 12.2 Å². The van der Waals surface area contributed by atoms with E-state index in [0.717, 1.165) is 16.5 Å². The van der Waals surface area contributed by atoms with Gasteiger partial charge in [-0.05, 0) is 69.4 Å². The van der Waals surface area contributed by atoms with E-state index >= 15 is 0 Å². The van der Waals surface area contributed by atoms with Crippen molar-refractivity contribution in [2.75, 3.05) is 0 Å². The van der Waals surface area contributed by atoms with Crippen LogP contribution in [-0.4, -0.2) is 25.6 Å². The minimum Gasteiger partial charge on any atom is -0.352 e. The van der Waals surface area contributed by atoms with Gasteiger partial charge in [-0.2, -0.15) is 0 Å².